The minimum atomic E-state index is -4.47. The van der Waals surface area contributed by atoms with Crippen molar-refractivity contribution in [2.75, 3.05) is 11.5 Å². The molecular formula is C19H16F3NO2. The SMILES string of the molecule is CCOC(=O)[C@H]1[C@@H](C(F)(F)F)N1c1ccc2c(c1)Cc1ccccc1-2. The first kappa shape index (κ1) is 16.0. The van der Waals surface area contributed by atoms with Gasteiger partial charge in [0.05, 0.1) is 6.61 Å². The number of halogens is 3. The van der Waals surface area contributed by atoms with Gasteiger partial charge in [0.25, 0.3) is 0 Å². The molecule has 0 aromatic heterocycles. The largest absolute Gasteiger partial charge is 0.464 e. The van der Waals surface area contributed by atoms with Gasteiger partial charge in [-0.05, 0) is 47.7 Å². The number of hydrogen-bond donors (Lipinski definition) is 0. The summed E-state index contributed by atoms with van der Waals surface area (Å²) in [5, 5.41) is 0. The molecule has 2 atom stereocenters. The molecule has 0 bridgehead atoms. The first-order valence-electron chi connectivity index (χ1n) is 8.14. The smallest absolute Gasteiger partial charge is 0.411 e. The van der Waals surface area contributed by atoms with Gasteiger partial charge in [-0.25, -0.2) is 4.79 Å². The number of rotatable bonds is 3. The molecule has 0 spiro atoms. The van der Waals surface area contributed by atoms with Crippen LogP contribution >= 0.6 is 0 Å². The van der Waals surface area contributed by atoms with Gasteiger partial charge in [0.2, 0.25) is 0 Å². The van der Waals surface area contributed by atoms with E-state index < -0.39 is 24.2 Å². The highest BCUT2D eigenvalue weighted by molar-refractivity contribution is 5.89. The summed E-state index contributed by atoms with van der Waals surface area (Å²) in [6.45, 7) is 1.65. The summed E-state index contributed by atoms with van der Waals surface area (Å²) < 4.78 is 44.6. The predicted octanol–water partition coefficient (Wildman–Crippen LogP) is 3.94. The molecule has 1 fully saturated rings. The highest BCUT2D eigenvalue weighted by Gasteiger charge is 2.67. The van der Waals surface area contributed by atoms with E-state index in [4.69, 9.17) is 4.74 Å². The van der Waals surface area contributed by atoms with Crippen molar-refractivity contribution in [3.63, 3.8) is 0 Å². The molecule has 4 rings (SSSR count). The lowest BCUT2D eigenvalue weighted by Gasteiger charge is -2.10. The van der Waals surface area contributed by atoms with Gasteiger partial charge in [-0.1, -0.05) is 30.3 Å². The second-order valence-corrected chi connectivity index (χ2v) is 6.27. The topological polar surface area (TPSA) is 29.3 Å². The summed E-state index contributed by atoms with van der Waals surface area (Å²) in [5.74, 6) is -0.825. The van der Waals surface area contributed by atoms with Crippen molar-refractivity contribution < 1.29 is 22.7 Å². The van der Waals surface area contributed by atoms with Crippen LogP contribution in [-0.2, 0) is 16.0 Å². The fraction of sp³-hybridized carbons (Fsp3) is 0.316. The number of nitrogens with zero attached hydrogens (tertiary/aromatic N) is 1. The third-order valence-electron chi connectivity index (χ3n) is 4.75. The van der Waals surface area contributed by atoms with Crippen molar-refractivity contribution in [1.82, 2.24) is 0 Å². The Bertz CT molecular complexity index is 847. The summed E-state index contributed by atoms with van der Waals surface area (Å²) in [5.41, 5.74) is 4.71. The van der Waals surface area contributed by atoms with E-state index in [9.17, 15) is 18.0 Å². The lowest BCUT2D eigenvalue weighted by atomic mass is 10.1. The molecule has 25 heavy (non-hydrogen) atoms. The molecule has 6 heteroatoms. The van der Waals surface area contributed by atoms with Gasteiger partial charge < -0.3 is 9.64 Å². The minimum Gasteiger partial charge on any atom is -0.464 e. The summed E-state index contributed by atoms with van der Waals surface area (Å²) >= 11 is 0. The van der Waals surface area contributed by atoms with E-state index in [1.807, 2.05) is 30.3 Å². The van der Waals surface area contributed by atoms with Crippen LogP contribution in [0.3, 0.4) is 0 Å². The zero-order valence-electron chi connectivity index (χ0n) is 13.5. The van der Waals surface area contributed by atoms with E-state index in [1.54, 1.807) is 19.1 Å². The van der Waals surface area contributed by atoms with Gasteiger partial charge >= 0.3 is 12.1 Å². The van der Waals surface area contributed by atoms with Gasteiger partial charge in [0.15, 0.2) is 12.1 Å². The second kappa shape index (κ2) is 5.51. The Kier molecular flexibility index (Phi) is 3.52. The van der Waals surface area contributed by atoms with Crippen LogP contribution in [0.25, 0.3) is 11.1 Å². The number of benzene rings is 2. The highest BCUT2D eigenvalue weighted by Crippen LogP contribution is 2.47. The zero-order chi connectivity index (χ0) is 17.8. The summed E-state index contributed by atoms with van der Waals surface area (Å²) in [7, 11) is 0. The molecule has 2 aromatic rings. The molecule has 0 unspecified atom stereocenters. The van der Waals surface area contributed by atoms with Gasteiger partial charge in [-0.2, -0.15) is 13.2 Å². The molecule has 1 aliphatic heterocycles. The van der Waals surface area contributed by atoms with E-state index in [1.165, 1.54) is 0 Å². The highest BCUT2D eigenvalue weighted by atomic mass is 19.4. The normalized spacial score (nSPS) is 20.9. The molecule has 1 heterocycles. The van der Waals surface area contributed by atoms with Gasteiger partial charge in [0, 0.05) is 5.69 Å². The molecule has 0 amide bonds. The van der Waals surface area contributed by atoms with Crippen LogP contribution in [-0.4, -0.2) is 30.8 Å². The zero-order valence-corrected chi connectivity index (χ0v) is 13.5. The Morgan fingerprint density at radius 1 is 1.16 bits per heavy atom. The Labute approximate surface area is 143 Å². The number of anilines is 1. The van der Waals surface area contributed by atoms with Gasteiger partial charge in [0.1, 0.15) is 0 Å². The Morgan fingerprint density at radius 3 is 2.60 bits per heavy atom. The molecule has 1 aliphatic carbocycles. The minimum absolute atomic E-state index is 0.0627. The van der Waals surface area contributed by atoms with Crippen molar-refractivity contribution in [1.29, 1.82) is 0 Å². The lowest BCUT2D eigenvalue weighted by molar-refractivity contribution is -0.149. The molecule has 0 radical (unpaired) electrons. The van der Waals surface area contributed by atoms with E-state index in [-0.39, 0.29) is 6.61 Å². The number of esters is 1. The number of fused-ring (bicyclic) bond motifs is 3. The summed E-state index contributed by atoms with van der Waals surface area (Å²) in [6, 6.07) is 10.1. The van der Waals surface area contributed by atoms with Gasteiger partial charge in [-0.3, -0.25) is 0 Å². The Balaban J connectivity index is 1.66. The lowest BCUT2D eigenvalue weighted by Crippen LogP contribution is -2.24. The van der Waals surface area contributed by atoms with Crippen LogP contribution in [0.5, 0.6) is 0 Å². The van der Waals surface area contributed by atoms with Crippen molar-refractivity contribution in [3.05, 3.63) is 53.6 Å². The van der Waals surface area contributed by atoms with Crippen molar-refractivity contribution >= 4 is 11.7 Å². The van der Waals surface area contributed by atoms with Crippen molar-refractivity contribution in [3.8, 4) is 11.1 Å². The molecule has 2 aliphatic rings. The van der Waals surface area contributed by atoms with Crippen LogP contribution in [0.15, 0.2) is 42.5 Å². The fourth-order valence-electron chi connectivity index (χ4n) is 3.65. The van der Waals surface area contributed by atoms with Crippen LogP contribution < -0.4 is 4.90 Å². The molecular weight excluding hydrogens is 331 g/mol. The standard InChI is InChI=1S/C19H16F3NO2/c1-2-25-18(24)16-17(19(20,21)22)23(16)13-7-8-15-12(10-13)9-11-5-3-4-6-14(11)15/h3-8,10,16-17H,2,9H2,1H3/t16-,17+,23?/m1/s1. The fourth-order valence-corrected chi connectivity index (χ4v) is 3.65. The molecule has 130 valence electrons. The first-order valence-corrected chi connectivity index (χ1v) is 8.14. The molecule has 2 aromatic carbocycles. The Morgan fingerprint density at radius 2 is 1.88 bits per heavy atom. The quantitative estimate of drug-likeness (QED) is 0.531. The predicted molar refractivity (Wildman–Crippen MR) is 87.4 cm³/mol. The number of alkyl halides is 3. The molecule has 0 saturated carbocycles. The number of carbonyl (C=O) groups is 1. The van der Waals surface area contributed by atoms with Crippen LogP contribution in [0.2, 0.25) is 0 Å². The summed E-state index contributed by atoms with van der Waals surface area (Å²) in [6.07, 6.45) is -3.78. The van der Waals surface area contributed by atoms with Gasteiger partial charge in [-0.15, -0.1) is 0 Å². The van der Waals surface area contributed by atoms with E-state index >= 15 is 0 Å². The number of carbonyl (C=O) groups excluding carboxylic acids is 1. The number of hydrogen-bond acceptors (Lipinski definition) is 3. The maximum Gasteiger partial charge on any atom is 0.411 e. The molecule has 0 N–H and O–H groups in total. The number of ether oxygens (including phenoxy) is 1. The summed E-state index contributed by atoms with van der Waals surface area (Å²) in [4.78, 5) is 13.0. The van der Waals surface area contributed by atoms with Crippen LogP contribution in [0.4, 0.5) is 18.9 Å². The van der Waals surface area contributed by atoms with Crippen LogP contribution in [0, 0.1) is 0 Å². The van der Waals surface area contributed by atoms with E-state index in [2.05, 4.69) is 0 Å². The van der Waals surface area contributed by atoms with E-state index in [0.29, 0.717) is 12.1 Å². The van der Waals surface area contributed by atoms with Crippen molar-refractivity contribution in [2.24, 2.45) is 0 Å². The third kappa shape index (κ3) is 2.56. The first-order chi connectivity index (χ1) is 11.9. The molecule has 3 nitrogen and oxygen atoms in total. The average Bonchev–Trinajstić information content (AvgIpc) is 3.23. The average molecular weight is 347 g/mol. The van der Waals surface area contributed by atoms with Crippen LogP contribution in [0.1, 0.15) is 18.1 Å². The second-order valence-electron chi connectivity index (χ2n) is 6.27. The van der Waals surface area contributed by atoms with Crippen molar-refractivity contribution in [2.45, 2.75) is 31.6 Å². The monoisotopic (exact) mass is 347 g/mol. The third-order valence-corrected chi connectivity index (χ3v) is 4.75. The molecule has 1 saturated heterocycles. The Hall–Kier alpha value is -2.50. The maximum absolute atomic E-state index is 13.3. The van der Waals surface area contributed by atoms with E-state index in [0.717, 1.165) is 27.2 Å². The maximum atomic E-state index is 13.3.